The smallest absolute Gasteiger partial charge is 0.244 e. The van der Waals surface area contributed by atoms with Crippen LogP contribution in [0.3, 0.4) is 0 Å². The summed E-state index contributed by atoms with van der Waals surface area (Å²) in [5.74, 6) is -0.209. The standard InChI is InChI=1S/C13H19N3O3/c1-16-9-11(8-14-16)2-3-12(18)15-13(10-17)4-6-19-7-5-13/h2-3,8-9,17H,4-7,10H2,1H3,(H,15,18)/b3-2+. The number of hydrogen-bond donors (Lipinski definition) is 2. The van der Waals surface area contributed by atoms with Crippen LogP contribution < -0.4 is 5.32 Å². The fraction of sp³-hybridized carbons (Fsp3) is 0.538. The van der Waals surface area contributed by atoms with Crippen molar-refractivity contribution in [2.45, 2.75) is 18.4 Å². The molecule has 0 aromatic carbocycles. The molecule has 6 heteroatoms. The van der Waals surface area contributed by atoms with Gasteiger partial charge in [0.1, 0.15) is 0 Å². The molecular weight excluding hydrogens is 246 g/mol. The third kappa shape index (κ3) is 3.65. The Labute approximate surface area is 112 Å². The first-order valence-corrected chi connectivity index (χ1v) is 6.31. The molecule has 1 aromatic heterocycles. The van der Waals surface area contributed by atoms with E-state index in [-0.39, 0.29) is 12.5 Å². The van der Waals surface area contributed by atoms with E-state index in [0.717, 1.165) is 5.56 Å². The minimum absolute atomic E-state index is 0.0666. The van der Waals surface area contributed by atoms with Gasteiger partial charge in [-0.3, -0.25) is 9.48 Å². The number of nitrogens with zero attached hydrogens (tertiary/aromatic N) is 2. The van der Waals surface area contributed by atoms with Gasteiger partial charge in [-0.05, 0) is 18.9 Å². The molecule has 0 saturated carbocycles. The normalized spacial score (nSPS) is 18.6. The first kappa shape index (κ1) is 13.8. The summed E-state index contributed by atoms with van der Waals surface area (Å²) in [6.07, 6.45) is 7.93. The fourth-order valence-electron chi connectivity index (χ4n) is 2.09. The topological polar surface area (TPSA) is 76.4 Å². The SMILES string of the molecule is Cn1cc(/C=C/C(=O)NC2(CO)CCOCC2)cn1. The Morgan fingerprint density at radius 3 is 2.95 bits per heavy atom. The van der Waals surface area contributed by atoms with Crippen molar-refractivity contribution in [2.75, 3.05) is 19.8 Å². The summed E-state index contributed by atoms with van der Waals surface area (Å²) in [4.78, 5) is 11.9. The van der Waals surface area contributed by atoms with E-state index < -0.39 is 5.54 Å². The van der Waals surface area contributed by atoms with Gasteiger partial charge < -0.3 is 15.2 Å². The van der Waals surface area contributed by atoms with Crippen LogP contribution in [-0.4, -0.2) is 46.2 Å². The van der Waals surface area contributed by atoms with Crippen LogP contribution in [0, 0.1) is 0 Å². The van der Waals surface area contributed by atoms with E-state index in [4.69, 9.17) is 4.74 Å². The third-order valence-electron chi connectivity index (χ3n) is 3.29. The van der Waals surface area contributed by atoms with Gasteiger partial charge in [-0.15, -0.1) is 0 Å². The van der Waals surface area contributed by atoms with Crippen LogP contribution in [-0.2, 0) is 16.6 Å². The van der Waals surface area contributed by atoms with Gasteiger partial charge in [-0.2, -0.15) is 5.10 Å². The van der Waals surface area contributed by atoms with Crippen molar-refractivity contribution in [2.24, 2.45) is 7.05 Å². The number of rotatable bonds is 4. The lowest BCUT2D eigenvalue weighted by Crippen LogP contribution is -2.54. The van der Waals surface area contributed by atoms with Crippen LogP contribution in [0.2, 0.25) is 0 Å². The fourth-order valence-corrected chi connectivity index (χ4v) is 2.09. The first-order valence-electron chi connectivity index (χ1n) is 6.31. The number of aryl methyl sites for hydroxylation is 1. The maximum Gasteiger partial charge on any atom is 0.244 e. The van der Waals surface area contributed by atoms with Gasteiger partial charge in [-0.25, -0.2) is 0 Å². The van der Waals surface area contributed by atoms with Crippen molar-refractivity contribution < 1.29 is 14.6 Å². The van der Waals surface area contributed by atoms with Crippen LogP contribution in [0.5, 0.6) is 0 Å². The zero-order valence-electron chi connectivity index (χ0n) is 11.0. The van der Waals surface area contributed by atoms with E-state index in [1.807, 2.05) is 13.2 Å². The molecule has 1 aliphatic rings. The second-order valence-corrected chi connectivity index (χ2v) is 4.82. The van der Waals surface area contributed by atoms with Gasteiger partial charge in [0.15, 0.2) is 0 Å². The second kappa shape index (κ2) is 5.99. The van der Waals surface area contributed by atoms with Crippen molar-refractivity contribution in [3.05, 3.63) is 24.0 Å². The Bertz CT molecular complexity index is 461. The summed E-state index contributed by atoms with van der Waals surface area (Å²) in [5.41, 5.74) is 0.317. The number of carbonyl (C=O) groups excluding carboxylic acids is 1. The summed E-state index contributed by atoms with van der Waals surface area (Å²) in [6.45, 7) is 1.06. The monoisotopic (exact) mass is 265 g/mol. The summed E-state index contributed by atoms with van der Waals surface area (Å²) in [6, 6.07) is 0. The van der Waals surface area contributed by atoms with E-state index in [2.05, 4.69) is 10.4 Å². The lowest BCUT2D eigenvalue weighted by molar-refractivity contribution is -0.120. The Kier molecular flexibility index (Phi) is 4.34. The lowest BCUT2D eigenvalue weighted by Gasteiger charge is -2.35. The molecule has 2 heterocycles. The first-order chi connectivity index (χ1) is 9.13. The van der Waals surface area contributed by atoms with Crippen LogP contribution in [0.1, 0.15) is 18.4 Å². The summed E-state index contributed by atoms with van der Waals surface area (Å²) in [7, 11) is 1.82. The molecule has 1 saturated heterocycles. The van der Waals surface area contributed by atoms with E-state index in [0.29, 0.717) is 26.1 Å². The maximum atomic E-state index is 11.9. The van der Waals surface area contributed by atoms with Crippen LogP contribution in [0.4, 0.5) is 0 Å². The van der Waals surface area contributed by atoms with Crippen LogP contribution in [0.15, 0.2) is 18.5 Å². The van der Waals surface area contributed by atoms with Crippen molar-refractivity contribution in [3.63, 3.8) is 0 Å². The van der Waals surface area contributed by atoms with Gasteiger partial charge in [-0.1, -0.05) is 0 Å². The molecule has 0 bridgehead atoms. The number of hydrogen-bond acceptors (Lipinski definition) is 4. The second-order valence-electron chi connectivity index (χ2n) is 4.82. The summed E-state index contributed by atoms with van der Waals surface area (Å²) in [5, 5.41) is 16.4. The average molecular weight is 265 g/mol. The zero-order chi connectivity index (χ0) is 13.7. The number of aliphatic hydroxyl groups is 1. The molecular formula is C13H19N3O3. The van der Waals surface area contributed by atoms with E-state index in [9.17, 15) is 9.90 Å². The Balaban J connectivity index is 1.94. The number of nitrogens with one attached hydrogen (secondary N) is 1. The van der Waals surface area contributed by atoms with Gasteiger partial charge in [0, 0.05) is 38.1 Å². The molecule has 1 aromatic rings. The predicted molar refractivity (Wildman–Crippen MR) is 70.3 cm³/mol. The van der Waals surface area contributed by atoms with Gasteiger partial charge in [0.25, 0.3) is 0 Å². The molecule has 0 radical (unpaired) electrons. The Hall–Kier alpha value is -1.66. The molecule has 0 atom stereocenters. The molecule has 0 spiro atoms. The maximum absolute atomic E-state index is 11.9. The number of aromatic nitrogens is 2. The molecule has 1 amide bonds. The van der Waals surface area contributed by atoms with Gasteiger partial charge in [0.2, 0.25) is 5.91 Å². The Morgan fingerprint density at radius 1 is 1.63 bits per heavy atom. The third-order valence-corrected chi connectivity index (χ3v) is 3.29. The van der Waals surface area contributed by atoms with Crippen molar-refractivity contribution in [1.82, 2.24) is 15.1 Å². The van der Waals surface area contributed by atoms with E-state index in [1.54, 1.807) is 17.0 Å². The number of carbonyl (C=O) groups is 1. The molecule has 1 fully saturated rings. The molecule has 2 N–H and O–H groups in total. The molecule has 0 aliphatic carbocycles. The molecule has 1 aliphatic heterocycles. The van der Waals surface area contributed by atoms with Gasteiger partial charge in [0.05, 0.1) is 18.3 Å². The average Bonchev–Trinajstić information content (AvgIpc) is 2.83. The van der Waals surface area contributed by atoms with Crippen LogP contribution in [0.25, 0.3) is 6.08 Å². The van der Waals surface area contributed by atoms with E-state index >= 15 is 0 Å². The highest BCUT2D eigenvalue weighted by Gasteiger charge is 2.32. The molecule has 0 unspecified atom stereocenters. The molecule has 19 heavy (non-hydrogen) atoms. The number of amides is 1. The molecule has 104 valence electrons. The predicted octanol–water partition coefficient (Wildman–Crippen LogP) is 0.0910. The van der Waals surface area contributed by atoms with Gasteiger partial charge >= 0.3 is 0 Å². The minimum atomic E-state index is -0.547. The number of ether oxygens (including phenoxy) is 1. The van der Waals surface area contributed by atoms with Crippen molar-refractivity contribution >= 4 is 12.0 Å². The minimum Gasteiger partial charge on any atom is -0.394 e. The quantitative estimate of drug-likeness (QED) is 0.757. The summed E-state index contributed by atoms with van der Waals surface area (Å²) >= 11 is 0. The number of aliphatic hydroxyl groups excluding tert-OH is 1. The van der Waals surface area contributed by atoms with Crippen molar-refractivity contribution in [1.29, 1.82) is 0 Å². The van der Waals surface area contributed by atoms with Crippen LogP contribution >= 0.6 is 0 Å². The highest BCUT2D eigenvalue weighted by atomic mass is 16.5. The zero-order valence-corrected chi connectivity index (χ0v) is 11.0. The Morgan fingerprint density at radius 2 is 2.37 bits per heavy atom. The molecule has 2 rings (SSSR count). The van der Waals surface area contributed by atoms with Crippen molar-refractivity contribution in [3.8, 4) is 0 Å². The lowest BCUT2D eigenvalue weighted by atomic mass is 9.91. The van der Waals surface area contributed by atoms with E-state index in [1.165, 1.54) is 6.08 Å². The highest BCUT2D eigenvalue weighted by molar-refractivity contribution is 5.92. The largest absolute Gasteiger partial charge is 0.394 e. The summed E-state index contributed by atoms with van der Waals surface area (Å²) < 4.78 is 6.92. The molecule has 6 nitrogen and oxygen atoms in total. The highest BCUT2D eigenvalue weighted by Crippen LogP contribution is 2.19.